The van der Waals surface area contributed by atoms with Gasteiger partial charge in [-0.15, -0.1) is 0 Å². The predicted octanol–water partition coefficient (Wildman–Crippen LogP) is 1.25. The Balaban J connectivity index is 1.32. The second-order valence-corrected chi connectivity index (χ2v) is 6.24. The summed E-state index contributed by atoms with van der Waals surface area (Å²) in [4.78, 5) is 24.8. The number of carbonyl (C=O) groups excluding carboxylic acids is 2. The highest BCUT2D eigenvalue weighted by Gasteiger charge is 2.48. The van der Waals surface area contributed by atoms with Gasteiger partial charge in [0.2, 0.25) is 5.91 Å². The van der Waals surface area contributed by atoms with Crippen LogP contribution in [-0.4, -0.2) is 48.2 Å². The molecule has 3 fully saturated rings. The lowest BCUT2D eigenvalue weighted by Gasteiger charge is -2.42. The van der Waals surface area contributed by atoms with Gasteiger partial charge in [-0.1, -0.05) is 0 Å². The predicted molar refractivity (Wildman–Crippen MR) is 67.3 cm³/mol. The highest BCUT2D eigenvalue weighted by Crippen LogP contribution is 2.41. The van der Waals surface area contributed by atoms with Gasteiger partial charge in [0.15, 0.2) is 0 Å². The van der Waals surface area contributed by atoms with Crippen LogP contribution in [-0.2, 0) is 4.79 Å². The molecule has 0 radical (unpaired) electrons. The van der Waals surface area contributed by atoms with Crippen LogP contribution in [0.1, 0.15) is 25.7 Å². The zero-order chi connectivity index (χ0) is 15.2. The Morgan fingerprint density at radius 3 is 2.14 bits per heavy atom. The first-order valence-corrected chi connectivity index (χ1v) is 7.25. The monoisotopic (exact) mass is 305 g/mol. The third-order valence-electron chi connectivity index (χ3n) is 4.39. The molecule has 2 N–H and O–H groups in total. The Labute approximate surface area is 120 Å². The molecule has 2 aliphatic carbocycles. The molecule has 118 valence electrons. The first kappa shape index (κ1) is 14.5. The summed E-state index contributed by atoms with van der Waals surface area (Å²) in [7, 11) is 0. The van der Waals surface area contributed by atoms with E-state index in [2.05, 4.69) is 10.6 Å². The van der Waals surface area contributed by atoms with Crippen molar-refractivity contribution in [3.8, 4) is 0 Å². The molecular formula is C13H18F3N3O2. The van der Waals surface area contributed by atoms with Crippen molar-refractivity contribution in [3.05, 3.63) is 0 Å². The van der Waals surface area contributed by atoms with E-state index in [0.29, 0.717) is 13.1 Å². The smallest absolute Gasteiger partial charge is 0.350 e. The Bertz CT molecular complexity index is 438. The van der Waals surface area contributed by atoms with Crippen LogP contribution in [0.2, 0.25) is 0 Å². The highest BCUT2D eigenvalue weighted by atomic mass is 19.4. The molecule has 2 saturated carbocycles. The molecule has 0 aromatic carbocycles. The van der Waals surface area contributed by atoms with Gasteiger partial charge in [0.1, 0.15) is 0 Å². The number of halogens is 3. The van der Waals surface area contributed by atoms with Crippen LogP contribution < -0.4 is 10.6 Å². The zero-order valence-electron chi connectivity index (χ0n) is 11.4. The van der Waals surface area contributed by atoms with E-state index in [1.54, 1.807) is 0 Å². The van der Waals surface area contributed by atoms with Crippen LogP contribution in [0, 0.1) is 11.8 Å². The molecule has 21 heavy (non-hydrogen) atoms. The lowest BCUT2D eigenvalue weighted by molar-refractivity contribution is -0.198. The largest absolute Gasteiger partial charge is 0.391 e. The van der Waals surface area contributed by atoms with Crippen LogP contribution in [0.4, 0.5) is 18.0 Å². The van der Waals surface area contributed by atoms with Gasteiger partial charge in [0, 0.05) is 25.0 Å². The second kappa shape index (κ2) is 5.06. The number of urea groups is 1. The zero-order valence-corrected chi connectivity index (χ0v) is 11.4. The van der Waals surface area contributed by atoms with Gasteiger partial charge < -0.3 is 15.5 Å². The van der Waals surface area contributed by atoms with Crippen molar-refractivity contribution in [2.75, 3.05) is 13.1 Å². The first-order valence-electron chi connectivity index (χ1n) is 7.25. The van der Waals surface area contributed by atoms with Gasteiger partial charge in [0.25, 0.3) is 0 Å². The summed E-state index contributed by atoms with van der Waals surface area (Å²) in [5.41, 5.74) is 0. The fraction of sp³-hybridized carbons (Fsp3) is 0.846. The molecule has 0 aromatic heterocycles. The number of carbonyl (C=O) groups is 2. The van der Waals surface area contributed by atoms with Crippen molar-refractivity contribution in [3.63, 3.8) is 0 Å². The molecule has 0 spiro atoms. The molecule has 0 bridgehead atoms. The number of hydrogen-bond donors (Lipinski definition) is 2. The van der Waals surface area contributed by atoms with E-state index in [4.69, 9.17) is 0 Å². The lowest BCUT2D eigenvalue weighted by atomic mass is 9.80. The van der Waals surface area contributed by atoms with Crippen molar-refractivity contribution >= 4 is 11.9 Å². The summed E-state index contributed by atoms with van der Waals surface area (Å²) in [5.74, 6) is -1.10. The van der Waals surface area contributed by atoms with Crippen LogP contribution in [0.25, 0.3) is 0 Å². The molecule has 1 saturated heterocycles. The number of nitrogens with one attached hydrogen (secondary N) is 2. The molecule has 3 rings (SSSR count). The summed E-state index contributed by atoms with van der Waals surface area (Å²) in [6.45, 7) is 0.861. The van der Waals surface area contributed by atoms with Crippen molar-refractivity contribution < 1.29 is 22.8 Å². The highest BCUT2D eigenvalue weighted by molar-refractivity contribution is 5.82. The third-order valence-corrected chi connectivity index (χ3v) is 4.39. The molecule has 1 heterocycles. The van der Waals surface area contributed by atoms with Gasteiger partial charge in [-0.3, -0.25) is 4.79 Å². The summed E-state index contributed by atoms with van der Waals surface area (Å²) >= 11 is 0. The second-order valence-electron chi connectivity index (χ2n) is 6.24. The topological polar surface area (TPSA) is 61.4 Å². The summed E-state index contributed by atoms with van der Waals surface area (Å²) in [5, 5.41) is 5.47. The summed E-state index contributed by atoms with van der Waals surface area (Å²) < 4.78 is 37.0. The molecule has 5 nitrogen and oxygen atoms in total. The number of alkyl halides is 3. The minimum absolute atomic E-state index is 0.0202. The normalized spacial score (nSPS) is 29.4. The fourth-order valence-corrected chi connectivity index (χ4v) is 2.67. The minimum atomic E-state index is -4.16. The van der Waals surface area contributed by atoms with Gasteiger partial charge in [-0.25, -0.2) is 4.79 Å². The average molecular weight is 305 g/mol. The maximum Gasteiger partial charge on any atom is 0.391 e. The molecular weight excluding hydrogens is 287 g/mol. The lowest BCUT2D eigenvalue weighted by Crippen LogP contribution is -2.64. The first-order chi connectivity index (χ1) is 9.83. The van der Waals surface area contributed by atoms with Gasteiger partial charge in [-0.05, 0) is 25.7 Å². The maximum absolute atomic E-state index is 12.3. The molecule has 0 atom stereocenters. The fourth-order valence-electron chi connectivity index (χ4n) is 2.67. The number of amides is 3. The summed E-state index contributed by atoms with van der Waals surface area (Å²) in [6.07, 6.45) is -2.36. The average Bonchev–Trinajstić information content (AvgIpc) is 3.08. The number of hydrogen-bond acceptors (Lipinski definition) is 2. The van der Waals surface area contributed by atoms with Gasteiger partial charge in [0.05, 0.1) is 12.0 Å². The molecule has 8 heteroatoms. The Hall–Kier alpha value is -1.47. The van der Waals surface area contributed by atoms with Crippen molar-refractivity contribution in [1.29, 1.82) is 0 Å². The molecule has 1 aliphatic heterocycles. The van der Waals surface area contributed by atoms with Crippen LogP contribution in [0.5, 0.6) is 0 Å². The van der Waals surface area contributed by atoms with Crippen LogP contribution >= 0.6 is 0 Å². The third kappa shape index (κ3) is 3.24. The van der Waals surface area contributed by atoms with E-state index in [-0.39, 0.29) is 42.8 Å². The van der Waals surface area contributed by atoms with Crippen molar-refractivity contribution in [2.24, 2.45) is 11.8 Å². The van der Waals surface area contributed by atoms with Crippen LogP contribution in [0.3, 0.4) is 0 Å². The Morgan fingerprint density at radius 1 is 1.00 bits per heavy atom. The Morgan fingerprint density at radius 2 is 1.62 bits per heavy atom. The van der Waals surface area contributed by atoms with Crippen LogP contribution in [0.15, 0.2) is 0 Å². The van der Waals surface area contributed by atoms with Crippen molar-refractivity contribution in [1.82, 2.24) is 15.5 Å². The SMILES string of the molecule is O=C(NC1CN(C(=O)NC2CC(C(F)(F)F)C2)C1)C1CC1. The van der Waals surface area contributed by atoms with E-state index < -0.39 is 12.1 Å². The molecule has 0 unspecified atom stereocenters. The Kier molecular flexibility index (Phi) is 3.49. The molecule has 3 amide bonds. The van der Waals surface area contributed by atoms with Gasteiger partial charge in [-0.2, -0.15) is 13.2 Å². The van der Waals surface area contributed by atoms with Gasteiger partial charge >= 0.3 is 12.2 Å². The standard InChI is InChI=1S/C13H18F3N3O2/c14-13(15,16)8-3-9(4-8)18-12(21)19-5-10(6-19)17-11(20)7-1-2-7/h7-10H,1-6H2,(H,17,20)(H,18,21). The number of rotatable bonds is 3. The van der Waals surface area contributed by atoms with E-state index in [1.165, 1.54) is 4.90 Å². The van der Waals surface area contributed by atoms with E-state index >= 15 is 0 Å². The number of likely N-dealkylation sites (tertiary alicyclic amines) is 1. The number of nitrogens with zero attached hydrogens (tertiary/aromatic N) is 1. The quantitative estimate of drug-likeness (QED) is 0.824. The summed E-state index contributed by atoms with van der Waals surface area (Å²) in [6, 6.07) is -0.741. The van der Waals surface area contributed by atoms with E-state index in [0.717, 1.165) is 12.8 Å². The molecule has 0 aromatic rings. The molecule has 3 aliphatic rings. The minimum Gasteiger partial charge on any atom is -0.350 e. The van der Waals surface area contributed by atoms with E-state index in [1.807, 2.05) is 0 Å². The van der Waals surface area contributed by atoms with Crippen molar-refractivity contribution in [2.45, 2.75) is 43.9 Å². The van der Waals surface area contributed by atoms with E-state index in [9.17, 15) is 22.8 Å². The maximum atomic E-state index is 12.3.